The number of aromatic nitrogens is 1. The first-order chi connectivity index (χ1) is 11.2. The summed E-state index contributed by atoms with van der Waals surface area (Å²) in [5, 5.41) is 5.28. The predicted molar refractivity (Wildman–Crippen MR) is 93.9 cm³/mol. The van der Waals surface area contributed by atoms with Crippen molar-refractivity contribution in [1.29, 1.82) is 0 Å². The van der Waals surface area contributed by atoms with Gasteiger partial charge in [-0.1, -0.05) is 36.4 Å². The largest absolute Gasteiger partial charge is 0.344 e. The molecule has 116 valence electrons. The van der Waals surface area contributed by atoms with E-state index in [-0.39, 0.29) is 5.91 Å². The van der Waals surface area contributed by atoms with Gasteiger partial charge in [-0.3, -0.25) is 4.79 Å². The van der Waals surface area contributed by atoms with E-state index in [0.717, 1.165) is 23.2 Å². The van der Waals surface area contributed by atoms with Gasteiger partial charge in [-0.2, -0.15) is 5.10 Å². The highest BCUT2D eigenvalue weighted by molar-refractivity contribution is 6.02. The number of hydrazone groups is 1. The number of rotatable bonds is 4. The lowest BCUT2D eigenvalue weighted by molar-refractivity contribution is 0.0955. The van der Waals surface area contributed by atoms with Crippen LogP contribution < -0.4 is 5.43 Å². The van der Waals surface area contributed by atoms with Gasteiger partial charge in [0.15, 0.2) is 0 Å². The molecule has 4 nitrogen and oxygen atoms in total. The summed E-state index contributed by atoms with van der Waals surface area (Å²) < 4.78 is 2.25. The molecule has 1 heterocycles. The summed E-state index contributed by atoms with van der Waals surface area (Å²) in [6.07, 6.45) is 1.73. The van der Waals surface area contributed by atoms with Gasteiger partial charge < -0.3 is 4.57 Å². The Morgan fingerprint density at radius 2 is 1.83 bits per heavy atom. The van der Waals surface area contributed by atoms with E-state index < -0.39 is 0 Å². The van der Waals surface area contributed by atoms with E-state index in [1.807, 2.05) is 30.3 Å². The van der Waals surface area contributed by atoms with Crippen LogP contribution in [0.2, 0.25) is 0 Å². The molecule has 0 saturated carbocycles. The molecule has 3 aromatic rings. The fraction of sp³-hybridized carbons (Fsp3) is 0.158. The van der Waals surface area contributed by atoms with Crippen molar-refractivity contribution in [1.82, 2.24) is 9.99 Å². The molecule has 1 aromatic heterocycles. The molecule has 1 N–H and O–H groups in total. The number of benzene rings is 2. The number of nitrogens with one attached hydrogen (secondary N) is 1. The third-order valence-electron chi connectivity index (χ3n) is 3.99. The van der Waals surface area contributed by atoms with Crippen LogP contribution in [0.5, 0.6) is 0 Å². The second-order valence-electron chi connectivity index (χ2n) is 5.33. The zero-order valence-corrected chi connectivity index (χ0v) is 13.3. The minimum atomic E-state index is -0.210. The van der Waals surface area contributed by atoms with Gasteiger partial charge in [0.05, 0.1) is 6.21 Å². The highest BCUT2D eigenvalue weighted by Gasteiger charge is 2.11. The van der Waals surface area contributed by atoms with Gasteiger partial charge in [-0.15, -0.1) is 0 Å². The summed E-state index contributed by atoms with van der Waals surface area (Å²) in [6.45, 7) is 5.10. The van der Waals surface area contributed by atoms with Crippen LogP contribution in [-0.4, -0.2) is 16.7 Å². The predicted octanol–water partition coefficient (Wildman–Crippen LogP) is 3.73. The molecular weight excluding hydrogens is 286 g/mol. The maximum Gasteiger partial charge on any atom is 0.271 e. The number of fused-ring (bicyclic) bond motifs is 1. The zero-order chi connectivity index (χ0) is 16.2. The molecule has 0 aliphatic heterocycles. The van der Waals surface area contributed by atoms with Crippen molar-refractivity contribution in [3.8, 4) is 0 Å². The molecule has 0 atom stereocenters. The Kier molecular flexibility index (Phi) is 4.24. The van der Waals surface area contributed by atoms with Crippen LogP contribution in [0, 0.1) is 6.92 Å². The number of amides is 1. The normalized spacial score (nSPS) is 11.2. The molecule has 0 fully saturated rings. The van der Waals surface area contributed by atoms with Crippen molar-refractivity contribution in [2.45, 2.75) is 20.4 Å². The lowest BCUT2D eigenvalue weighted by atomic mass is 10.1. The minimum Gasteiger partial charge on any atom is -0.344 e. The quantitative estimate of drug-likeness (QED) is 0.579. The van der Waals surface area contributed by atoms with Crippen molar-refractivity contribution in [3.05, 3.63) is 71.4 Å². The molecule has 0 aliphatic rings. The zero-order valence-electron chi connectivity index (χ0n) is 13.3. The molecule has 2 aromatic carbocycles. The Morgan fingerprint density at radius 3 is 2.57 bits per heavy atom. The molecular formula is C19H19N3O. The average molecular weight is 305 g/mol. The highest BCUT2D eigenvalue weighted by atomic mass is 16.2. The lowest BCUT2D eigenvalue weighted by Crippen LogP contribution is -2.17. The number of aryl methyl sites for hydroxylation is 1. The first-order valence-corrected chi connectivity index (χ1v) is 7.68. The van der Waals surface area contributed by atoms with Crippen LogP contribution in [0.15, 0.2) is 59.7 Å². The van der Waals surface area contributed by atoms with Gasteiger partial charge in [0.2, 0.25) is 0 Å². The molecule has 23 heavy (non-hydrogen) atoms. The summed E-state index contributed by atoms with van der Waals surface area (Å²) in [6, 6.07) is 17.3. The molecule has 0 radical (unpaired) electrons. The molecule has 0 bridgehead atoms. The Balaban J connectivity index is 1.87. The third kappa shape index (κ3) is 2.88. The summed E-state index contributed by atoms with van der Waals surface area (Å²) in [5.74, 6) is -0.210. The van der Waals surface area contributed by atoms with Gasteiger partial charge in [0, 0.05) is 34.3 Å². The van der Waals surface area contributed by atoms with Crippen molar-refractivity contribution < 1.29 is 4.79 Å². The number of hydrogen-bond acceptors (Lipinski definition) is 2. The first-order valence-electron chi connectivity index (χ1n) is 7.68. The number of carbonyl (C=O) groups is 1. The van der Waals surface area contributed by atoms with Crippen LogP contribution in [0.3, 0.4) is 0 Å². The monoisotopic (exact) mass is 305 g/mol. The van der Waals surface area contributed by atoms with Gasteiger partial charge in [0.25, 0.3) is 5.91 Å². The van der Waals surface area contributed by atoms with Crippen LogP contribution in [0.25, 0.3) is 10.9 Å². The molecule has 0 unspecified atom stereocenters. The fourth-order valence-corrected chi connectivity index (χ4v) is 2.84. The van der Waals surface area contributed by atoms with Gasteiger partial charge in [-0.25, -0.2) is 5.43 Å². The van der Waals surface area contributed by atoms with E-state index in [9.17, 15) is 4.79 Å². The Labute approximate surface area is 135 Å². The highest BCUT2D eigenvalue weighted by Crippen LogP contribution is 2.24. The van der Waals surface area contributed by atoms with Crippen molar-refractivity contribution in [2.75, 3.05) is 0 Å². The van der Waals surface area contributed by atoms with Crippen LogP contribution >= 0.6 is 0 Å². The number of para-hydroxylation sites is 1. The van der Waals surface area contributed by atoms with E-state index in [1.54, 1.807) is 18.3 Å². The van der Waals surface area contributed by atoms with Gasteiger partial charge in [0.1, 0.15) is 0 Å². The lowest BCUT2D eigenvalue weighted by Gasteiger charge is -2.03. The molecule has 4 heteroatoms. The Hall–Kier alpha value is -2.88. The maximum absolute atomic E-state index is 12.0. The summed E-state index contributed by atoms with van der Waals surface area (Å²) >= 11 is 0. The first kappa shape index (κ1) is 15.0. The number of hydrogen-bond donors (Lipinski definition) is 1. The van der Waals surface area contributed by atoms with Crippen LogP contribution in [-0.2, 0) is 6.54 Å². The summed E-state index contributed by atoms with van der Waals surface area (Å²) in [7, 11) is 0. The van der Waals surface area contributed by atoms with Gasteiger partial charge >= 0.3 is 0 Å². The molecule has 0 saturated heterocycles. The summed E-state index contributed by atoms with van der Waals surface area (Å²) in [5.41, 5.74) is 6.55. The maximum atomic E-state index is 12.0. The second kappa shape index (κ2) is 6.48. The van der Waals surface area contributed by atoms with Crippen molar-refractivity contribution in [2.24, 2.45) is 5.10 Å². The van der Waals surface area contributed by atoms with E-state index >= 15 is 0 Å². The molecule has 1 amide bonds. The van der Waals surface area contributed by atoms with Crippen molar-refractivity contribution in [3.63, 3.8) is 0 Å². The number of carbonyl (C=O) groups excluding carboxylic acids is 1. The average Bonchev–Trinajstić information content (AvgIpc) is 2.87. The Bertz CT molecular complexity index is 863. The second-order valence-corrected chi connectivity index (χ2v) is 5.33. The Morgan fingerprint density at radius 1 is 1.13 bits per heavy atom. The standard InChI is InChI=1S/C19H19N3O/c1-3-22-14(2)17(16-11-7-8-12-18(16)22)13-20-21-19(23)15-9-5-4-6-10-15/h4-13H,3H2,1-2H3,(H,21,23)/b20-13+. The van der Waals surface area contributed by atoms with E-state index in [2.05, 4.69) is 41.1 Å². The van der Waals surface area contributed by atoms with E-state index in [4.69, 9.17) is 0 Å². The molecule has 0 aliphatic carbocycles. The molecule has 0 spiro atoms. The SMILES string of the molecule is CCn1c(C)c(/C=N/NC(=O)c2ccccc2)c2ccccc21. The third-order valence-corrected chi connectivity index (χ3v) is 3.99. The topological polar surface area (TPSA) is 46.4 Å². The van der Waals surface area contributed by atoms with Crippen molar-refractivity contribution >= 4 is 23.0 Å². The van der Waals surface area contributed by atoms with E-state index in [0.29, 0.717) is 5.56 Å². The fourth-order valence-electron chi connectivity index (χ4n) is 2.84. The van der Waals surface area contributed by atoms with E-state index in [1.165, 1.54) is 5.52 Å². The van der Waals surface area contributed by atoms with Crippen LogP contribution in [0.1, 0.15) is 28.5 Å². The van der Waals surface area contributed by atoms with Crippen LogP contribution in [0.4, 0.5) is 0 Å². The summed E-state index contributed by atoms with van der Waals surface area (Å²) in [4.78, 5) is 12.0. The molecule has 3 rings (SSSR count). The smallest absolute Gasteiger partial charge is 0.271 e. The van der Waals surface area contributed by atoms with Gasteiger partial charge in [-0.05, 0) is 32.0 Å². The number of nitrogens with zero attached hydrogens (tertiary/aromatic N) is 2. The minimum absolute atomic E-state index is 0.210.